The van der Waals surface area contributed by atoms with Gasteiger partial charge >= 0.3 is 11.9 Å². The van der Waals surface area contributed by atoms with Gasteiger partial charge in [0.2, 0.25) is 17.7 Å². The lowest BCUT2D eigenvalue weighted by molar-refractivity contribution is -0.149. The molecule has 0 radical (unpaired) electrons. The van der Waals surface area contributed by atoms with E-state index >= 15 is 0 Å². The number of carbonyl (C=O) groups is 5. The van der Waals surface area contributed by atoms with Crippen molar-refractivity contribution in [1.29, 1.82) is 0 Å². The number of amides is 3. The van der Waals surface area contributed by atoms with Gasteiger partial charge in [0, 0.05) is 37.7 Å². The molecule has 13 nitrogen and oxygen atoms in total. The maximum atomic E-state index is 13.4. The number of H-pyrrole nitrogens is 1. The lowest BCUT2D eigenvalue weighted by atomic mass is 10.0. The van der Waals surface area contributed by atoms with E-state index < -0.39 is 60.2 Å². The zero-order chi connectivity index (χ0) is 27.7. The zero-order valence-corrected chi connectivity index (χ0v) is 20.7. The summed E-state index contributed by atoms with van der Waals surface area (Å²) >= 11 is 0. The number of hydrogen-bond donors (Lipinski definition) is 6. The first-order valence-corrected chi connectivity index (χ1v) is 12.3. The molecule has 1 aromatic heterocycles. The Morgan fingerprint density at radius 3 is 2.39 bits per heavy atom. The normalized spacial score (nSPS) is 17.3. The molecule has 0 saturated carbocycles. The van der Waals surface area contributed by atoms with Crippen molar-refractivity contribution in [2.24, 2.45) is 5.73 Å². The molecule has 2 aromatic rings. The summed E-state index contributed by atoms with van der Waals surface area (Å²) in [5.74, 6) is -4.31. The third-order valence-corrected chi connectivity index (χ3v) is 6.33. The molecular weight excluding hydrogens is 496 g/mol. The zero-order valence-electron chi connectivity index (χ0n) is 20.7. The number of aliphatic carboxylic acids is 2. The molecule has 1 aliphatic heterocycles. The fourth-order valence-corrected chi connectivity index (χ4v) is 4.35. The summed E-state index contributed by atoms with van der Waals surface area (Å²) in [6.07, 6.45) is 3.29. The van der Waals surface area contributed by atoms with Crippen LogP contribution in [-0.4, -0.2) is 85.5 Å². The van der Waals surface area contributed by atoms with Gasteiger partial charge in [0.1, 0.15) is 18.1 Å². The Morgan fingerprint density at radius 2 is 1.76 bits per heavy atom. The second-order valence-corrected chi connectivity index (χ2v) is 9.16. The van der Waals surface area contributed by atoms with Crippen molar-refractivity contribution in [2.45, 2.75) is 62.7 Å². The van der Waals surface area contributed by atoms with Gasteiger partial charge in [-0.25, -0.2) is 9.78 Å². The number of likely N-dealkylation sites (tertiary alicyclic amines) is 1. The van der Waals surface area contributed by atoms with Crippen LogP contribution >= 0.6 is 0 Å². The van der Waals surface area contributed by atoms with Crippen LogP contribution in [0.15, 0.2) is 42.9 Å². The first kappa shape index (κ1) is 28.3. The van der Waals surface area contributed by atoms with Gasteiger partial charge in [-0.2, -0.15) is 0 Å². The molecule has 38 heavy (non-hydrogen) atoms. The Kier molecular flexibility index (Phi) is 9.93. The van der Waals surface area contributed by atoms with Crippen LogP contribution in [0, 0.1) is 0 Å². The molecule has 1 aromatic carbocycles. The minimum Gasteiger partial charge on any atom is -0.481 e. The number of nitrogens with zero attached hydrogens (tertiary/aromatic N) is 2. The predicted octanol–water partition coefficient (Wildman–Crippen LogP) is -0.568. The number of carbonyl (C=O) groups excluding carboxylic acids is 3. The summed E-state index contributed by atoms with van der Waals surface area (Å²) in [6.45, 7) is 0.235. The highest BCUT2D eigenvalue weighted by Crippen LogP contribution is 2.20. The van der Waals surface area contributed by atoms with Gasteiger partial charge in [-0.15, -0.1) is 0 Å². The molecule has 0 bridgehead atoms. The van der Waals surface area contributed by atoms with Crippen LogP contribution in [0.3, 0.4) is 0 Å². The van der Waals surface area contributed by atoms with Crippen molar-refractivity contribution in [1.82, 2.24) is 25.5 Å². The molecule has 4 atom stereocenters. The number of carboxylic acids is 2. The van der Waals surface area contributed by atoms with Gasteiger partial charge in [-0.1, -0.05) is 30.3 Å². The summed E-state index contributed by atoms with van der Waals surface area (Å²) in [6, 6.07) is 4.41. The molecule has 3 amide bonds. The Morgan fingerprint density at radius 1 is 1.05 bits per heavy atom. The molecule has 1 saturated heterocycles. The average molecular weight is 529 g/mol. The molecule has 0 spiro atoms. The Balaban J connectivity index is 1.77. The maximum absolute atomic E-state index is 13.4. The third-order valence-electron chi connectivity index (χ3n) is 6.33. The van der Waals surface area contributed by atoms with Gasteiger partial charge in [-0.3, -0.25) is 19.2 Å². The number of rotatable bonds is 13. The van der Waals surface area contributed by atoms with Crippen LogP contribution in [0.2, 0.25) is 0 Å². The molecule has 0 aliphatic carbocycles. The van der Waals surface area contributed by atoms with Gasteiger partial charge in [-0.05, 0) is 24.8 Å². The second kappa shape index (κ2) is 13.3. The fourth-order valence-electron chi connectivity index (χ4n) is 4.35. The molecule has 1 aliphatic rings. The van der Waals surface area contributed by atoms with Gasteiger partial charge < -0.3 is 36.5 Å². The van der Waals surface area contributed by atoms with E-state index in [4.69, 9.17) is 10.8 Å². The third kappa shape index (κ3) is 7.87. The Hall–Kier alpha value is -4.26. The topological polar surface area (TPSA) is 208 Å². The summed E-state index contributed by atoms with van der Waals surface area (Å²) in [5, 5.41) is 23.8. The van der Waals surface area contributed by atoms with Crippen LogP contribution < -0.4 is 16.4 Å². The molecule has 13 heteroatoms. The van der Waals surface area contributed by atoms with Crippen molar-refractivity contribution in [2.75, 3.05) is 6.54 Å². The van der Waals surface area contributed by atoms with Crippen LogP contribution in [0.4, 0.5) is 0 Å². The highest BCUT2D eigenvalue weighted by molar-refractivity contribution is 5.94. The molecule has 204 valence electrons. The van der Waals surface area contributed by atoms with E-state index in [1.54, 1.807) is 30.3 Å². The number of benzene rings is 1. The number of imidazole rings is 1. The quantitative estimate of drug-likeness (QED) is 0.196. The SMILES string of the molecule is NC(Cc1cnc[nH]1)C(=O)NC(CCC(=O)O)C(=O)NC(Cc1ccccc1)C(=O)N1CCCC1C(=O)O. The first-order chi connectivity index (χ1) is 18.2. The summed E-state index contributed by atoms with van der Waals surface area (Å²) in [7, 11) is 0. The second-order valence-electron chi connectivity index (χ2n) is 9.16. The smallest absolute Gasteiger partial charge is 0.326 e. The van der Waals surface area contributed by atoms with E-state index in [1.807, 2.05) is 0 Å². The number of aromatic amines is 1. The van der Waals surface area contributed by atoms with Crippen molar-refractivity contribution >= 4 is 29.7 Å². The number of aromatic nitrogens is 2. The molecule has 2 heterocycles. The molecule has 7 N–H and O–H groups in total. The van der Waals surface area contributed by atoms with E-state index in [0.29, 0.717) is 18.5 Å². The van der Waals surface area contributed by atoms with Crippen LogP contribution in [0.1, 0.15) is 36.9 Å². The van der Waals surface area contributed by atoms with Crippen LogP contribution in [0.25, 0.3) is 0 Å². The number of carboxylic acid groups (broad SMARTS) is 2. The van der Waals surface area contributed by atoms with Crippen molar-refractivity contribution in [3.8, 4) is 0 Å². The van der Waals surface area contributed by atoms with Gasteiger partial charge in [0.05, 0.1) is 12.4 Å². The summed E-state index contributed by atoms with van der Waals surface area (Å²) < 4.78 is 0. The van der Waals surface area contributed by atoms with E-state index in [-0.39, 0.29) is 25.8 Å². The highest BCUT2D eigenvalue weighted by Gasteiger charge is 2.38. The lowest BCUT2D eigenvalue weighted by Crippen LogP contribution is -2.57. The fraction of sp³-hybridized carbons (Fsp3) is 0.440. The summed E-state index contributed by atoms with van der Waals surface area (Å²) in [5.41, 5.74) is 7.30. The maximum Gasteiger partial charge on any atom is 0.326 e. The Bertz CT molecular complexity index is 1120. The predicted molar refractivity (Wildman–Crippen MR) is 134 cm³/mol. The van der Waals surface area contributed by atoms with Crippen LogP contribution in [0.5, 0.6) is 0 Å². The highest BCUT2D eigenvalue weighted by atomic mass is 16.4. The van der Waals surface area contributed by atoms with E-state index in [9.17, 15) is 29.1 Å². The number of nitrogens with one attached hydrogen (secondary N) is 3. The largest absolute Gasteiger partial charge is 0.481 e. The summed E-state index contributed by atoms with van der Waals surface area (Å²) in [4.78, 5) is 70.3. The van der Waals surface area contributed by atoms with E-state index in [0.717, 1.165) is 5.56 Å². The minimum atomic E-state index is -1.29. The number of nitrogens with two attached hydrogens (primary N) is 1. The molecule has 1 fully saturated rings. The standard InChI is InChI=1S/C25H32N6O7/c26-17(12-16-13-27-14-28-16)22(34)29-18(8-9-21(32)33)23(35)30-19(11-15-5-2-1-3-6-15)24(36)31-10-4-7-20(31)25(37)38/h1-3,5-6,13-14,17-20H,4,7-12,26H2,(H,27,28)(H,29,34)(H,30,35)(H,32,33)(H,37,38). The van der Waals surface area contributed by atoms with Gasteiger partial charge in [0.25, 0.3) is 0 Å². The average Bonchev–Trinajstić information content (AvgIpc) is 3.58. The molecule has 3 rings (SSSR count). The lowest BCUT2D eigenvalue weighted by Gasteiger charge is -2.29. The first-order valence-electron chi connectivity index (χ1n) is 12.3. The van der Waals surface area contributed by atoms with Crippen LogP contribution in [-0.2, 0) is 36.8 Å². The van der Waals surface area contributed by atoms with E-state index in [2.05, 4.69) is 20.6 Å². The number of hydrogen-bond acceptors (Lipinski definition) is 7. The van der Waals surface area contributed by atoms with Crippen molar-refractivity contribution in [3.63, 3.8) is 0 Å². The molecular formula is C25H32N6O7. The van der Waals surface area contributed by atoms with Crippen molar-refractivity contribution < 1.29 is 34.2 Å². The van der Waals surface area contributed by atoms with Gasteiger partial charge in [0.15, 0.2) is 0 Å². The Labute approximate surface area is 218 Å². The minimum absolute atomic E-state index is 0.0766. The van der Waals surface area contributed by atoms with E-state index in [1.165, 1.54) is 17.4 Å². The van der Waals surface area contributed by atoms with Crippen molar-refractivity contribution in [3.05, 3.63) is 54.1 Å². The monoisotopic (exact) mass is 528 g/mol. The molecule has 4 unspecified atom stereocenters.